The first-order valence-electron chi connectivity index (χ1n) is 6.17. The molecule has 0 bridgehead atoms. The van der Waals surface area contributed by atoms with E-state index in [0.717, 1.165) is 18.9 Å². The van der Waals surface area contributed by atoms with E-state index >= 15 is 0 Å². The summed E-state index contributed by atoms with van der Waals surface area (Å²) in [7, 11) is 0. The lowest BCUT2D eigenvalue weighted by Crippen LogP contribution is -2.15. The summed E-state index contributed by atoms with van der Waals surface area (Å²) < 4.78 is 0. The molecule has 0 amide bonds. The van der Waals surface area contributed by atoms with E-state index in [2.05, 4.69) is 36.5 Å². The minimum atomic E-state index is 1.02. The van der Waals surface area contributed by atoms with Crippen molar-refractivity contribution in [3.63, 3.8) is 0 Å². The van der Waals surface area contributed by atoms with Crippen molar-refractivity contribution in [2.75, 3.05) is 6.54 Å². The summed E-state index contributed by atoms with van der Waals surface area (Å²) in [6.07, 6.45) is 5.43. The van der Waals surface area contributed by atoms with Gasteiger partial charge in [-0.05, 0) is 36.4 Å². The second kappa shape index (κ2) is 5.32. The van der Waals surface area contributed by atoms with Crippen LogP contribution in [0.5, 0.6) is 0 Å². The molecule has 0 heterocycles. The van der Waals surface area contributed by atoms with E-state index in [1.165, 1.54) is 36.9 Å². The second-order valence-electron chi connectivity index (χ2n) is 4.58. The second-order valence-corrected chi connectivity index (χ2v) is 4.58. The van der Waals surface area contributed by atoms with E-state index in [9.17, 15) is 0 Å². The van der Waals surface area contributed by atoms with Gasteiger partial charge in [-0.1, -0.05) is 44.0 Å². The minimum absolute atomic E-state index is 1.02. The summed E-state index contributed by atoms with van der Waals surface area (Å²) in [6.45, 7) is 4.40. The maximum atomic E-state index is 3.51. The molecule has 0 aliphatic heterocycles. The Balaban J connectivity index is 1.67. The van der Waals surface area contributed by atoms with Gasteiger partial charge >= 0.3 is 0 Å². The zero-order valence-electron chi connectivity index (χ0n) is 9.63. The smallest absolute Gasteiger partial charge is 0.0205 e. The van der Waals surface area contributed by atoms with Gasteiger partial charge < -0.3 is 5.32 Å². The lowest BCUT2D eigenvalue weighted by Gasteiger charge is -2.05. The van der Waals surface area contributed by atoms with Crippen molar-refractivity contribution >= 4 is 0 Å². The van der Waals surface area contributed by atoms with Crippen LogP contribution in [0.4, 0.5) is 0 Å². The number of rotatable bonds is 6. The van der Waals surface area contributed by atoms with Gasteiger partial charge in [-0.15, -0.1) is 0 Å². The molecule has 1 N–H and O–H groups in total. The molecule has 0 unspecified atom stereocenters. The van der Waals surface area contributed by atoms with E-state index < -0.39 is 0 Å². The average molecular weight is 203 g/mol. The minimum Gasteiger partial charge on any atom is -0.313 e. The fraction of sp³-hybridized carbons (Fsp3) is 0.571. The largest absolute Gasteiger partial charge is 0.313 e. The zero-order valence-corrected chi connectivity index (χ0v) is 9.63. The van der Waals surface area contributed by atoms with Crippen molar-refractivity contribution in [1.82, 2.24) is 5.32 Å². The van der Waals surface area contributed by atoms with Crippen molar-refractivity contribution in [1.29, 1.82) is 0 Å². The molecule has 82 valence electrons. The van der Waals surface area contributed by atoms with Crippen LogP contribution in [0.15, 0.2) is 24.3 Å². The highest BCUT2D eigenvalue weighted by atomic mass is 14.8. The Morgan fingerprint density at radius 3 is 2.40 bits per heavy atom. The summed E-state index contributed by atoms with van der Waals surface area (Å²) >= 11 is 0. The van der Waals surface area contributed by atoms with Gasteiger partial charge in [-0.25, -0.2) is 0 Å². The van der Waals surface area contributed by atoms with Crippen LogP contribution in [0.3, 0.4) is 0 Å². The van der Waals surface area contributed by atoms with Crippen LogP contribution < -0.4 is 5.32 Å². The van der Waals surface area contributed by atoms with Crippen LogP contribution in [0, 0.1) is 5.92 Å². The highest BCUT2D eigenvalue weighted by Gasteiger charge is 2.19. The standard InChI is InChI=1S/C14H21N/c1-2-12-3-7-14(8-4-12)11-15-10-9-13-5-6-13/h3-4,7-8,13,15H,2,5-6,9-11H2,1H3. The fourth-order valence-electron chi connectivity index (χ4n) is 1.84. The van der Waals surface area contributed by atoms with Crippen LogP contribution in [-0.2, 0) is 13.0 Å². The van der Waals surface area contributed by atoms with Gasteiger partial charge in [0.1, 0.15) is 0 Å². The van der Waals surface area contributed by atoms with Crippen LogP contribution in [0.25, 0.3) is 0 Å². The van der Waals surface area contributed by atoms with Crippen LogP contribution >= 0.6 is 0 Å². The van der Waals surface area contributed by atoms with Crippen molar-refractivity contribution < 1.29 is 0 Å². The van der Waals surface area contributed by atoms with Crippen molar-refractivity contribution in [2.45, 2.75) is 39.2 Å². The van der Waals surface area contributed by atoms with Gasteiger partial charge in [0, 0.05) is 6.54 Å². The van der Waals surface area contributed by atoms with Crippen molar-refractivity contribution in [3.8, 4) is 0 Å². The van der Waals surface area contributed by atoms with Gasteiger partial charge in [-0.3, -0.25) is 0 Å². The number of hydrogen-bond donors (Lipinski definition) is 1. The SMILES string of the molecule is CCc1ccc(CNCCC2CC2)cc1. The highest BCUT2D eigenvalue weighted by Crippen LogP contribution is 2.31. The molecule has 0 aromatic heterocycles. The van der Waals surface area contributed by atoms with E-state index in [0.29, 0.717) is 0 Å². The molecule has 0 atom stereocenters. The molecule has 1 aromatic carbocycles. The maximum absolute atomic E-state index is 3.51. The van der Waals surface area contributed by atoms with Gasteiger partial charge in [0.25, 0.3) is 0 Å². The predicted molar refractivity (Wildman–Crippen MR) is 64.9 cm³/mol. The molecule has 15 heavy (non-hydrogen) atoms. The normalized spacial score (nSPS) is 15.5. The summed E-state index contributed by atoms with van der Waals surface area (Å²) in [4.78, 5) is 0. The molecule has 1 saturated carbocycles. The Kier molecular flexibility index (Phi) is 3.79. The Labute approximate surface area is 92.9 Å². The number of hydrogen-bond acceptors (Lipinski definition) is 1. The summed E-state index contributed by atoms with van der Waals surface area (Å²) in [5.74, 6) is 1.04. The van der Waals surface area contributed by atoms with Gasteiger partial charge in [0.05, 0.1) is 0 Å². The maximum Gasteiger partial charge on any atom is 0.0205 e. The first-order valence-corrected chi connectivity index (χ1v) is 6.17. The molecule has 1 heteroatoms. The van der Waals surface area contributed by atoms with Crippen LogP contribution in [0.2, 0.25) is 0 Å². The summed E-state index contributed by atoms with van der Waals surface area (Å²) in [5, 5.41) is 3.51. The zero-order chi connectivity index (χ0) is 10.5. The third-order valence-corrected chi connectivity index (χ3v) is 3.19. The molecule has 1 aliphatic carbocycles. The number of aryl methyl sites for hydroxylation is 1. The van der Waals surface area contributed by atoms with Crippen molar-refractivity contribution in [3.05, 3.63) is 35.4 Å². The molecule has 2 rings (SSSR count). The molecule has 0 saturated heterocycles. The Morgan fingerprint density at radius 1 is 1.13 bits per heavy atom. The molecule has 1 nitrogen and oxygen atoms in total. The van der Waals surface area contributed by atoms with E-state index in [1.54, 1.807) is 0 Å². The molecular weight excluding hydrogens is 182 g/mol. The molecule has 1 fully saturated rings. The number of benzene rings is 1. The fourth-order valence-corrected chi connectivity index (χ4v) is 1.84. The quantitative estimate of drug-likeness (QED) is 0.700. The average Bonchev–Trinajstić information content (AvgIpc) is 3.09. The first-order chi connectivity index (χ1) is 7.38. The lowest BCUT2D eigenvalue weighted by atomic mass is 10.1. The van der Waals surface area contributed by atoms with E-state index in [4.69, 9.17) is 0 Å². The first kappa shape index (κ1) is 10.7. The van der Waals surface area contributed by atoms with Gasteiger partial charge in [0.15, 0.2) is 0 Å². The summed E-state index contributed by atoms with van der Waals surface area (Å²) in [5.41, 5.74) is 2.83. The molecule has 1 aliphatic rings. The summed E-state index contributed by atoms with van der Waals surface area (Å²) in [6, 6.07) is 8.95. The van der Waals surface area contributed by atoms with Crippen molar-refractivity contribution in [2.24, 2.45) is 5.92 Å². The third kappa shape index (κ3) is 3.67. The molecule has 0 spiro atoms. The van der Waals surface area contributed by atoms with Crippen LogP contribution in [0.1, 0.15) is 37.3 Å². The van der Waals surface area contributed by atoms with E-state index in [1.807, 2.05) is 0 Å². The molecule has 1 aromatic rings. The van der Waals surface area contributed by atoms with E-state index in [-0.39, 0.29) is 0 Å². The Morgan fingerprint density at radius 2 is 1.80 bits per heavy atom. The molecule has 0 radical (unpaired) electrons. The van der Waals surface area contributed by atoms with Crippen LogP contribution in [-0.4, -0.2) is 6.54 Å². The van der Waals surface area contributed by atoms with Gasteiger partial charge in [-0.2, -0.15) is 0 Å². The van der Waals surface area contributed by atoms with Gasteiger partial charge in [0.2, 0.25) is 0 Å². The Hall–Kier alpha value is -0.820. The predicted octanol–water partition coefficient (Wildman–Crippen LogP) is 3.14. The number of nitrogens with one attached hydrogen (secondary N) is 1. The topological polar surface area (TPSA) is 12.0 Å². The lowest BCUT2D eigenvalue weighted by molar-refractivity contribution is 0.613. The Bertz CT molecular complexity index is 285. The highest BCUT2D eigenvalue weighted by molar-refractivity contribution is 5.22. The molecular formula is C14H21N. The monoisotopic (exact) mass is 203 g/mol. The third-order valence-electron chi connectivity index (χ3n) is 3.19.